The van der Waals surface area contributed by atoms with Crippen LogP contribution in [0.4, 0.5) is 0 Å². The zero-order valence-electron chi connectivity index (χ0n) is 8.94. The lowest BCUT2D eigenvalue weighted by atomic mass is 10.1. The van der Waals surface area contributed by atoms with Gasteiger partial charge in [-0.2, -0.15) is 0 Å². The SMILES string of the molecule is CCOC(=O)CCCC(N)c1cccs1. The first-order valence-electron chi connectivity index (χ1n) is 5.18. The van der Waals surface area contributed by atoms with Crippen molar-refractivity contribution in [1.29, 1.82) is 0 Å². The highest BCUT2D eigenvalue weighted by molar-refractivity contribution is 7.10. The summed E-state index contributed by atoms with van der Waals surface area (Å²) in [4.78, 5) is 12.2. The molecule has 0 aliphatic carbocycles. The van der Waals surface area contributed by atoms with Crippen LogP contribution in [0.5, 0.6) is 0 Å². The third kappa shape index (κ3) is 4.44. The third-order valence-electron chi connectivity index (χ3n) is 2.11. The largest absolute Gasteiger partial charge is 0.466 e. The molecule has 0 aliphatic rings. The Hall–Kier alpha value is -0.870. The van der Waals surface area contributed by atoms with E-state index in [1.165, 1.54) is 4.88 Å². The summed E-state index contributed by atoms with van der Waals surface area (Å²) < 4.78 is 4.84. The lowest BCUT2D eigenvalue weighted by Gasteiger charge is -2.08. The Morgan fingerprint density at radius 2 is 2.47 bits per heavy atom. The van der Waals surface area contributed by atoms with E-state index in [0.29, 0.717) is 13.0 Å². The number of thiophene rings is 1. The molecule has 0 saturated heterocycles. The van der Waals surface area contributed by atoms with Gasteiger partial charge in [-0.05, 0) is 31.2 Å². The number of ether oxygens (including phenoxy) is 1. The molecule has 0 aromatic carbocycles. The Morgan fingerprint density at radius 3 is 3.07 bits per heavy atom. The smallest absolute Gasteiger partial charge is 0.305 e. The first kappa shape index (κ1) is 12.2. The van der Waals surface area contributed by atoms with Crippen molar-refractivity contribution in [2.24, 2.45) is 5.73 Å². The molecule has 0 radical (unpaired) electrons. The first-order valence-corrected chi connectivity index (χ1v) is 6.06. The number of hydrogen-bond donors (Lipinski definition) is 1. The van der Waals surface area contributed by atoms with Gasteiger partial charge < -0.3 is 10.5 Å². The molecule has 0 aliphatic heterocycles. The fraction of sp³-hybridized carbons (Fsp3) is 0.545. The molecule has 3 nitrogen and oxygen atoms in total. The van der Waals surface area contributed by atoms with Gasteiger partial charge in [0, 0.05) is 17.3 Å². The molecule has 1 unspecified atom stereocenters. The summed E-state index contributed by atoms with van der Waals surface area (Å²) in [5.41, 5.74) is 5.96. The topological polar surface area (TPSA) is 52.3 Å². The van der Waals surface area contributed by atoms with Gasteiger partial charge in [0.25, 0.3) is 0 Å². The standard InChI is InChI=1S/C11H17NO2S/c1-2-14-11(13)7-3-5-9(12)10-6-4-8-15-10/h4,6,8-9H,2-3,5,7,12H2,1H3. The highest BCUT2D eigenvalue weighted by Crippen LogP contribution is 2.21. The van der Waals surface area contributed by atoms with Crippen molar-refractivity contribution in [2.75, 3.05) is 6.61 Å². The van der Waals surface area contributed by atoms with Crippen LogP contribution in [-0.4, -0.2) is 12.6 Å². The van der Waals surface area contributed by atoms with Crippen LogP contribution in [0.3, 0.4) is 0 Å². The van der Waals surface area contributed by atoms with Crippen LogP contribution in [0.2, 0.25) is 0 Å². The van der Waals surface area contributed by atoms with E-state index in [2.05, 4.69) is 0 Å². The first-order chi connectivity index (χ1) is 7.24. The van der Waals surface area contributed by atoms with Crippen molar-refractivity contribution < 1.29 is 9.53 Å². The Balaban J connectivity index is 2.18. The van der Waals surface area contributed by atoms with Gasteiger partial charge in [-0.3, -0.25) is 4.79 Å². The number of carbonyl (C=O) groups is 1. The fourth-order valence-electron chi connectivity index (χ4n) is 1.34. The maximum atomic E-state index is 11.1. The second kappa shape index (κ2) is 6.58. The van der Waals surface area contributed by atoms with E-state index in [1.54, 1.807) is 11.3 Å². The van der Waals surface area contributed by atoms with E-state index >= 15 is 0 Å². The minimum Gasteiger partial charge on any atom is -0.466 e. The van der Waals surface area contributed by atoms with Gasteiger partial charge in [0.2, 0.25) is 0 Å². The third-order valence-corrected chi connectivity index (χ3v) is 3.11. The molecule has 0 bridgehead atoms. The van der Waals surface area contributed by atoms with Crippen LogP contribution in [0.25, 0.3) is 0 Å². The second-order valence-electron chi connectivity index (χ2n) is 3.32. The fourth-order valence-corrected chi connectivity index (χ4v) is 2.11. The summed E-state index contributed by atoms with van der Waals surface area (Å²) in [5, 5.41) is 2.01. The molecule has 0 spiro atoms. The van der Waals surface area contributed by atoms with Crippen LogP contribution in [0, 0.1) is 0 Å². The van der Waals surface area contributed by atoms with Gasteiger partial charge >= 0.3 is 5.97 Å². The summed E-state index contributed by atoms with van der Waals surface area (Å²) in [5.74, 6) is -0.129. The van der Waals surface area contributed by atoms with Gasteiger partial charge in [-0.25, -0.2) is 0 Å². The molecule has 2 N–H and O–H groups in total. The summed E-state index contributed by atoms with van der Waals surface area (Å²) in [6.45, 7) is 2.27. The van der Waals surface area contributed by atoms with Gasteiger partial charge in [0.1, 0.15) is 0 Å². The Labute approximate surface area is 94.2 Å². The average molecular weight is 227 g/mol. The van der Waals surface area contributed by atoms with E-state index in [0.717, 1.165) is 12.8 Å². The van der Waals surface area contributed by atoms with Crippen molar-refractivity contribution in [3.05, 3.63) is 22.4 Å². The number of hydrogen-bond acceptors (Lipinski definition) is 4. The molecule has 84 valence electrons. The lowest BCUT2D eigenvalue weighted by molar-refractivity contribution is -0.143. The zero-order chi connectivity index (χ0) is 11.1. The Morgan fingerprint density at radius 1 is 1.67 bits per heavy atom. The Kier molecular flexibility index (Phi) is 5.36. The summed E-state index contributed by atoms with van der Waals surface area (Å²) in [6, 6.07) is 4.07. The molecule has 1 atom stereocenters. The predicted molar refractivity (Wildman–Crippen MR) is 61.7 cm³/mol. The minimum atomic E-state index is -0.129. The maximum absolute atomic E-state index is 11.1. The molecule has 1 rings (SSSR count). The second-order valence-corrected chi connectivity index (χ2v) is 4.30. The molecule has 0 saturated carbocycles. The molecular weight excluding hydrogens is 210 g/mol. The molecule has 0 fully saturated rings. The normalized spacial score (nSPS) is 12.4. The van der Waals surface area contributed by atoms with Gasteiger partial charge in [-0.1, -0.05) is 6.07 Å². The minimum absolute atomic E-state index is 0.0550. The highest BCUT2D eigenvalue weighted by atomic mass is 32.1. The number of nitrogens with two attached hydrogens (primary N) is 1. The number of rotatable bonds is 6. The van der Waals surface area contributed by atoms with Crippen LogP contribution in [0.1, 0.15) is 37.1 Å². The maximum Gasteiger partial charge on any atom is 0.305 e. The molecule has 1 aromatic heterocycles. The molecule has 1 aromatic rings. The molecule has 15 heavy (non-hydrogen) atoms. The van der Waals surface area contributed by atoms with Crippen molar-refractivity contribution in [1.82, 2.24) is 0 Å². The average Bonchev–Trinajstić information content (AvgIpc) is 2.70. The van der Waals surface area contributed by atoms with Crippen molar-refractivity contribution in [2.45, 2.75) is 32.2 Å². The number of esters is 1. The highest BCUT2D eigenvalue weighted by Gasteiger charge is 2.08. The summed E-state index contributed by atoms with van der Waals surface area (Å²) >= 11 is 1.66. The molecular formula is C11H17NO2S. The summed E-state index contributed by atoms with van der Waals surface area (Å²) in [6.07, 6.45) is 2.09. The van der Waals surface area contributed by atoms with E-state index < -0.39 is 0 Å². The van der Waals surface area contributed by atoms with Crippen LogP contribution >= 0.6 is 11.3 Å². The van der Waals surface area contributed by atoms with Gasteiger partial charge in [0.05, 0.1) is 6.61 Å². The lowest BCUT2D eigenvalue weighted by Crippen LogP contribution is -2.10. The van der Waals surface area contributed by atoms with Gasteiger partial charge in [-0.15, -0.1) is 11.3 Å². The van der Waals surface area contributed by atoms with Gasteiger partial charge in [0.15, 0.2) is 0 Å². The monoisotopic (exact) mass is 227 g/mol. The molecule has 4 heteroatoms. The van der Waals surface area contributed by atoms with Crippen LogP contribution in [0.15, 0.2) is 17.5 Å². The van der Waals surface area contributed by atoms with Crippen LogP contribution in [-0.2, 0) is 9.53 Å². The quantitative estimate of drug-likeness (QED) is 0.760. The predicted octanol–water partition coefficient (Wildman–Crippen LogP) is 2.48. The summed E-state index contributed by atoms with van der Waals surface area (Å²) in [7, 11) is 0. The van der Waals surface area contributed by atoms with E-state index in [1.807, 2.05) is 24.4 Å². The number of carbonyl (C=O) groups excluding carboxylic acids is 1. The zero-order valence-corrected chi connectivity index (χ0v) is 9.76. The molecule has 1 heterocycles. The van der Waals surface area contributed by atoms with Crippen molar-refractivity contribution >= 4 is 17.3 Å². The van der Waals surface area contributed by atoms with Crippen molar-refractivity contribution in [3.63, 3.8) is 0 Å². The van der Waals surface area contributed by atoms with Crippen LogP contribution < -0.4 is 5.73 Å². The van der Waals surface area contributed by atoms with Crippen molar-refractivity contribution in [3.8, 4) is 0 Å². The van der Waals surface area contributed by atoms with E-state index in [-0.39, 0.29) is 12.0 Å². The van der Waals surface area contributed by atoms with E-state index in [9.17, 15) is 4.79 Å². The molecule has 0 amide bonds. The van der Waals surface area contributed by atoms with E-state index in [4.69, 9.17) is 10.5 Å². The Bertz CT molecular complexity index is 285.